The smallest absolute Gasteiger partial charge is 0.241 e. The number of halogens is 2. The monoisotopic (exact) mass is 324 g/mol. The lowest BCUT2D eigenvalue weighted by atomic mass is 10.2. The van der Waals surface area contributed by atoms with Crippen molar-refractivity contribution < 1.29 is 13.6 Å². The average Bonchev–Trinajstić information content (AvgIpc) is 2.86. The molecule has 0 fully saturated rings. The Kier molecular flexibility index (Phi) is 5.26. The maximum atomic E-state index is 13.6. The number of hydrogen-bond donors (Lipinski definition) is 1. The van der Waals surface area contributed by atoms with Crippen LogP contribution in [0.15, 0.2) is 29.6 Å². The first-order valence-corrected chi connectivity index (χ1v) is 7.75. The quantitative estimate of drug-likeness (QED) is 0.907. The van der Waals surface area contributed by atoms with Crippen molar-refractivity contribution in [3.05, 3.63) is 51.7 Å². The first-order valence-electron chi connectivity index (χ1n) is 6.87. The largest absolute Gasteiger partial charge is 0.322 e. The second-order valence-electron chi connectivity index (χ2n) is 5.23. The number of thiophene rings is 1. The minimum atomic E-state index is -0.780. The van der Waals surface area contributed by atoms with Gasteiger partial charge < -0.3 is 5.32 Å². The zero-order valence-corrected chi connectivity index (χ0v) is 13.5. The normalized spacial score (nSPS) is 12.5. The highest BCUT2D eigenvalue weighted by molar-refractivity contribution is 7.10. The fraction of sp³-hybridized carbons (Fsp3) is 0.312. The van der Waals surface area contributed by atoms with Gasteiger partial charge in [-0.1, -0.05) is 0 Å². The van der Waals surface area contributed by atoms with Gasteiger partial charge >= 0.3 is 0 Å². The van der Waals surface area contributed by atoms with Crippen LogP contribution in [0, 0.1) is 18.6 Å². The summed E-state index contributed by atoms with van der Waals surface area (Å²) >= 11 is 1.64. The van der Waals surface area contributed by atoms with E-state index < -0.39 is 17.7 Å². The number of carbonyl (C=O) groups is 1. The number of rotatable bonds is 5. The molecule has 1 aromatic carbocycles. The van der Waals surface area contributed by atoms with Crippen molar-refractivity contribution in [1.29, 1.82) is 0 Å². The minimum absolute atomic E-state index is 0.0149. The summed E-state index contributed by atoms with van der Waals surface area (Å²) in [4.78, 5) is 15.3. The molecule has 6 heteroatoms. The Morgan fingerprint density at radius 2 is 2.09 bits per heavy atom. The van der Waals surface area contributed by atoms with Gasteiger partial charge in [0, 0.05) is 17.5 Å². The van der Waals surface area contributed by atoms with Crippen molar-refractivity contribution in [3.8, 4) is 0 Å². The highest BCUT2D eigenvalue weighted by atomic mass is 32.1. The second kappa shape index (κ2) is 6.98. The number of aryl methyl sites for hydroxylation is 1. The van der Waals surface area contributed by atoms with Gasteiger partial charge in [-0.15, -0.1) is 11.3 Å². The number of hydrogen-bond acceptors (Lipinski definition) is 3. The second-order valence-corrected chi connectivity index (χ2v) is 6.23. The number of benzene rings is 1. The van der Waals surface area contributed by atoms with Crippen LogP contribution in [-0.4, -0.2) is 23.9 Å². The number of nitrogens with zero attached hydrogens (tertiary/aromatic N) is 1. The zero-order chi connectivity index (χ0) is 16.3. The van der Waals surface area contributed by atoms with Crippen LogP contribution in [0.4, 0.5) is 14.5 Å². The number of nitrogens with one attached hydrogen (secondary N) is 1. The SMILES string of the molecule is Cc1ccsc1CN(C)C(C)C(=O)Nc1ccc(F)cc1F. The molecule has 22 heavy (non-hydrogen) atoms. The van der Waals surface area contributed by atoms with Crippen molar-refractivity contribution in [2.45, 2.75) is 26.4 Å². The Balaban J connectivity index is 2.00. The molecule has 1 unspecified atom stereocenters. The molecule has 1 heterocycles. The third-order valence-corrected chi connectivity index (χ3v) is 4.60. The van der Waals surface area contributed by atoms with Crippen LogP contribution in [0.2, 0.25) is 0 Å². The van der Waals surface area contributed by atoms with Gasteiger partial charge in [-0.05, 0) is 50.0 Å². The molecule has 0 bridgehead atoms. The van der Waals surface area contributed by atoms with E-state index in [9.17, 15) is 13.6 Å². The first-order chi connectivity index (χ1) is 10.4. The van der Waals surface area contributed by atoms with Crippen LogP contribution in [0.5, 0.6) is 0 Å². The van der Waals surface area contributed by atoms with Gasteiger partial charge in [0.2, 0.25) is 5.91 Å². The highest BCUT2D eigenvalue weighted by Crippen LogP contribution is 2.19. The fourth-order valence-electron chi connectivity index (χ4n) is 1.96. The molecule has 0 saturated heterocycles. The van der Waals surface area contributed by atoms with Crippen LogP contribution < -0.4 is 5.32 Å². The van der Waals surface area contributed by atoms with E-state index in [0.717, 1.165) is 12.1 Å². The Bertz CT molecular complexity index is 672. The molecule has 1 atom stereocenters. The van der Waals surface area contributed by atoms with E-state index in [2.05, 4.69) is 5.32 Å². The molecule has 0 radical (unpaired) electrons. The van der Waals surface area contributed by atoms with Crippen LogP contribution >= 0.6 is 11.3 Å². The van der Waals surface area contributed by atoms with Crippen LogP contribution in [0.3, 0.4) is 0 Å². The standard InChI is InChI=1S/C16H18F2N2OS/c1-10-6-7-22-15(10)9-20(3)11(2)16(21)19-14-5-4-12(17)8-13(14)18/h4-8,11H,9H2,1-3H3,(H,19,21). The van der Waals surface area contributed by atoms with Gasteiger partial charge in [0.1, 0.15) is 11.6 Å². The van der Waals surface area contributed by atoms with Gasteiger partial charge in [-0.3, -0.25) is 9.69 Å². The van der Waals surface area contributed by atoms with Crippen LogP contribution in [-0.2, 0) is 11.3 Å². The molecule has 0 aliphatic heterocycles. The average molecular weight is 324 g/mol. The van der Waals surface area contributed by atoms with Crippen molar-refractivity contribution in [2.75, 3.05) is 12.4 Å². The van der Waals surface area contributed by atoms with E-state index in [4.69, 9.17) is 0 Å². The number of amides is 1. The lowest BCUT2D eigenvalue weighted by Crippen LogP contribution is -2.39. The summed E-state index contributed by atoms with van der Waals surface area (Å²) in [5, 5.41) is 4.50. The predicted octanol–water partition coefficient (Wildman–Crippen LogP) is 3.79. The topological polar surface area (TPSA) is 32.3 Å². The lowest BCUT2D eigenvalue weighted by Gasteiger charge is -2.23. The van der Waals surface area contributed by atoms with E-state index in [1.807, 2.05) is 30.3 Å². The number of carbonyl (C=O) groups excluding carboxylic acids is 1. The van der Waals surface area contributed by atoms with Gasteiger partial charge in [-0.2, -0.15) is 0 Å². The lowest BCUT2D eigenvalue weighted by molar-refractivity contribution is -0.120. The highest BCUT2D eigenvalue weighted by Gasteiger charge is 2.20. The zero-order valence-electron chi connectivity index (χ0n) is 12.7. The van der Waals surface area contributed by atoms with E-state index in [0.29, 0.717) is 6.54 Å². The molecule has 3 nitrogen and oxygen atoms in total. The van der Waals surface area contributed by atoms with Crippen molar-refractivity contribution in [3.63, 3.8) is 0 Å². The van der Waals surface area contributed by atoms with Gasteiger partial charge in [-0.25, -0.2) is 8.78 Å². The van der Waals surface area contributed by atoms with Crippen molar-refractivity contribution in [2.24, 2.45) is 0 Å². The Morgan fingerprint density at radius 1 is 1.36 bits per heavy atom. The van der Waals surface area contributed by atoms with Crippen molar-refractivity contribution in [1.82, 2.24) is 4.90 Å². The molecule has 0 aliphatic carbocycles. The number of anilines is 1. The Labute approximate surface area is 132 Å². The maximum absolute atomic E-state index is 13.6. The van der Waals surface area contributed by atoms with Gasteiger partial charge in [0.05, 0.1) is 11.7 Å². The Morgan fingerprint density at radius 3 is 2.68 bits per heavy atom. The van der Waals surface area contributed by atoms with Crippen LogP contribution in [0.25, 0.3) is 0 Å². The summed E-state index contributed by atoms with van der Waals surface area (Å²) in [6.45, 7) is 4.42. The Hall–Kier alpha value is -1.79. The molecule has 0 spiro atoms. The third-order valence-electron chi connectivity index (χ3n) is 3.59. The summed E-state index contributed by atoms with van der Waals surface area (Å²) in [6, 6.07) is 4.68. The third kappa shape index (κ3) is 3.90. The molecule has 118 valence electrons. The molecule has 1 N–H and O–H groups in total. The minimum Gasteiger partial charge on any atom is -0.322 e. The summed E-state index contributed by atoms with van der Waals surface area (Å²) in [5.74, 6) is -1.78. The summed E-state index contributed by atoms with van der Waals surface area (Å²) < 4.78 is 26.4. The first kappa shape index (κ1) is 16.6. The molecule has 0 aliphatic rings. The fourth-order valence-corrected chi connectivity index (χ4v) is 2.93. The van der Waals surface area contributed by atoms with E-state index >= 15 is 0 Å². The molecular formula is C16H18F2N2OS. The molecular weight excluding hydrogens is 306 g/mol. The maximum Gasteiger partial charge on any atom is 0.241 e. The van der Waals surface area contributed by atoms with Crippen LogP contribution in [0.1, 0.15) is 17.4 Å². The predicted molar refractivity (Wildman–Crippen MR) is 85.0 cm³/mol. The van der Waals surface area contributed by atoms with E-state index in [1.54, 1.807) is 18.3 Å². The van der Waals surface area contributed by atoms with Crippen molar-refractivity contribution >= 4 is 22.9 Å². The molecule has 0 saturated carbocycles. The molecule has 1 amide bonds. The van der Waals surface area contributed by atoms with E-state index in [-0.39, 0.29) is 11.6 Å². The van der Waals surface area contributed by atoms with E-state index in [1.165, 1.54) is 16.5 Å². The van der Waals surface area contributed by atoms with Gasteiger partial charge in [0.25, 0.3) is 0 Å². The molecule has 2 aromatic rings. The summed E-state index contributed by atoms with van der Waals surface area (Å²) in [6.07, 6.45) is 0. The number of likely N-dealkylation sites (N-methyl/N-ethyl adjacent to an activating group) is 1. The molecule has 2 rings (SSSR count). The summed E-state index contributed by atoms with van der Waals surface area (Å²) in [7, 11) is 1.84. The van der Waals surface area contributed by atoms with Gasteiger partial charge in [0.15, 0.2) is 0 Å². The summed E-state index contributed by atoms with van der Waals surface area (Å²) in [5.41, 5.74) is 1.17. The molecule has 1 aromatic heterocycles.